The van der Waals surface area contributed by atoms with Crippen molar-refractivity contribution >= 4 is 5.78 Å². The van der Waals surface area contributed by atoms with Gasteiger partial charge in [0.2, 0.25) is 0 Å². The molecular weight excluding hydrogens is 292 g/mol. The van der Waals surface area contributed by atoms with Gasteiger partial charge in [-0.2, -0.15) is 0 Å². The fourth-order valence-corrected chi connectivity index (χ4v) is 2.60. The number of carbonyl (C=O) groups is 1. The lowest BCUT2D eigenvalue weighted by atomic mass is 10.1. The highest BCUT2D eigenvalue weighted by Gasteiger charge is 2.17. The summed E-state index contributed by atoms with van der Waals surface area (Å²) in [6, 6.07) is 9.11. The zero-order valence-corrected chi connectivity index (χ0v) is 13.2. The van der Waals surface area contributed by atoms with Gasteiger partial charge in [-0.05, 0) is 31.9 Å². The Labute approximate surface area is 135 Å². The van der Waals surface area contributed by atoms with Crippen LogP contribution in [0.1, 0.15) is 34.7 Å². The minimum atomic E-state index is -0.0582. The first-order valence-electron chi connectivity index (χ1n) is 7.87. The van der Waals surface area contributed by atoms with Crippen LogP contribution in [0, 0.1) is 6.92 Å². The molecule has 2 aromatic heterocycles. The number of aryl methyl sites for hydroxylation is 1. The van der Waals surface area contributed by atoms with E-state index >= 15 is 0 Å². The molecule has 5 nitrogen and oxygen atoms in total. The number of ketones is 1. The summed E-state index contributed by atoms with van der Waals surface area (Å²) in [6.45, 7) is 3.25. The van der Waals surface area contributed by atoms with E-state index in [-0.39, 0.29) is 18.3 Å². The SMILES string of the molecule is Cc1cc(O[C@H]2CCCOC2)cc(C(=O)Cc2ccccn2)n1. The maximum Gasteiger partial charge on any atom is 0.187 e. The highest BCUT2D eigenvalue weighted by Crippen LogP contribution is 2.20. The molecule has 1 fully saturated rings. The number of aromatic nitrogens is 2. The molecule has 3 heterocycles. The summed E-state index contributed by atoms with van der Waals surface area (Å²) in [4.78, 5) is 20.9. The highest BCUT2D eigenvalue weighted by molar-refractivity contribution is 5.95. The van der Waals surface area contributed by atoms with E-state index in [1.54, 1.807) is 12.3 Å². The van der Waals surface area contributed by atoms with Crippen molar-refractivity contribution in [3.05, 3.63) is 53.6 Å². The van der Waals surface area contributed by atoms with Gasteiger partial charge in [0.15, 0.2) is 5.78 Å². The average molecular weight is 312 g/mol. The Morgan fingerprint density at radius 2 is 2.30 bits per heavy atom. The highest BCUT2D eigenvalue weighted by atomic mass is 16.5. The first-order chi connectivity index (χ1) is 11.2. The molecule has 0 aromatic carbocycles. The minimum absolute atomic E-state index is 0.0456. The average Bonchev–Trinajstić information content (AvgIpc) is 2.56. The molecule has 5 heteroatoms. The van der Waals surface area contributed by atoms with E-state index in [0.717, 1.165) is 30.8 Å². The third kappa shape index (κ3) is 4.36. The predicted molar refractivity (Wildman–Crippen MR) is 85.7 cm³/mol. The lowest BCUT2D eigenvalue weighted by Crippen LogP contribution is -2.28. The van der Waals surface area contributed by atoms with Crippen LogP contribution in [0.25, 0.3) is 0 Å². The van der Waals surface area contributed by atoms with Crippen LogP contribution in [0.2, 0.25) is 0 Å². The van der Waals surface area contributed by atoms with E-state index in [4.69, 9.17) is 9.47 Å². The monoisotopic (exact) mass is 312 g/mol. The Morgan fingerprint density at radius 3 is 3.04 bits per heavy atom. The van der Waals surface area contributed by atoms with Gasteiger partial charge in [0.1, 0.15) is 17.5 Å². The summed E-state index contributed by atoms with van der Waals surface area (Å²) in [5.74, 6) is 0.620. The van der Waals surface area contributed by atoms with Crippen LogP contribution in [-0.4, -0.2) is 35.1 Å². The van der Waals surface area contributed by atoms with Gasteiger partial charge in [0, 0.05) is 36.3 Å². The normalized spacial score (nSPS) is 17.7. The van der Waals surface area contributed by atoms with Crippen molar-refractivity contribution in [2.45, 2.75) is 32.3 Å². The molecule has 1 aliphatic heterocycles. The summed E-state index contributed by atoms with van der Waals surface area (Å²) in [6.07, 6.45) is 3.94. The van der Waals surface area contributed by atoms with Crippen LogP contribution in [0.3, 0.4) is 0 Å². The van der Waals surface area contributed by atoms with E-state index in [2.05, 4.69) is 9.97 Å². The molecule has 0 N–H and O–H groups in total. The van der Waals surface area contributed by atoms with E-state index in [1.165, 1.54) is 0 Å². The maximum atomic E-state index is 12.4. The smallest absolute Gasteiger partial charge is 0.187 e. The van der Waals surface area contributed by atoms with Crippen molar-refractivity contribution in [1.82, 2.24) is 9.97 Å². The molecule has 0 radical (unpaired) electrons. The number of Topliss-reactive ketones (excluding diaryl/α,β-unsaturated/α-hetero) is 1. The molecule has 0 spiro atoms. The molecule has 1 atom stereocenters. The van der Waals surface area contributed by atoms with Gasteiger partial charge in [0.05, 0.1) is 13.0 Å². The van der Waals surface area contributed by atoms with Crippen LogP contribution < -0.4 is 4.74 Å². The quantitative estimate of drug-likeness (QED) is 0.795. The van der Waals surface area contributed by atoms with E-state index in [0.29, 0.717) is 18.1 Å². The Bertz CT molecular complexity index is 667. The zero-order chi connectivity index (χ0) is 16.1. The van der Waals surface area contributed by atoms with E-state index < -0.39 is 0 Å². The first-order valence-corrected chi connectivity index (χ1v) is 7.87. The zero-order valence-electron chi connectivity index (χ0n) is 13.2. The Kier molecular flexibility index (Phi) is 4.98. The van der Waals surface area contributed by atoms with Gasteiger partial charge in [-0.3, -0.25) is 9.78 Å². The molecule has 1 saturated heterocycles. The number of pyridine rings is 2. The van der Waals surface area contributed by atoms with Crippen molar-refractivity contribution in [2.24, 2.45) is 0 Å². The van der Waals surface area contributed by atoms with Gasteiger partial charge in [-0.25, -0.2) is 4.98 Å². The summed E-state index contributed by atoms with van der Waals surface area (Å²) in [5, 5.41) is 0. The predicted octanol–water partition coefficient (Wildman–Crippen LogP) is 2.77. The number of nitrogens with zero attached hydrogens (tertiary/aromatic N) is 2. The number of rotatable bonds is 5. The van der Waals surface area contributed by atoms with Crippen LogP contribution in [-0.2, 0) is 11.2 Å². The van der Waals surface area contributed by atoms with Crippen molar-refractivity contribution in [1.29, 1.82) is 0 Å². The molecule has 3 rings (SSSR count). The third-order valence-electron chi connectivity index (χ3n) is 3.70. The maximum absolute atomic E-state index is 12.4. The summed E-state index contributed by atoms with van der Waals surface area (Å²) >= 11 is 0. The molecule has 0 amide bonds. The summed E-state index contributed by atoms with van der Waals surface area (Å²) in [7, 11) is 0. The van der Waals surface area contributed by atoms with E-state index in [1.807, 2.05) is 31.2 Å². The third-order valence-corrected chi connectivity index (χ3v) is 3.70. The van der Waals surface area contributed by atoms with Crippen molar-refractivity contribution in [2.75, 3.05) is 13.2 Å². The molecule has 0 saturated carbocycles. The number of hydrogen-bond acceptors (Lipinski definition) is 5. The fraction of sp³-hybridized carbons (Fsp3) is 0.389. The van der Waals surface area contributed by atoms with Gasteiger partial charge < -0.3 is 9.47 Å². The first kappa shape index (κ1) is 15.6. The van der Waals surface area contributed by atoms with Gasteiger partial charge >= 0.3 is 0 Å². The Balaban J connectivity index is 1.72. The number of ether oxygens (including phenoxy) is 2. The van der Waals surface area contributed by atoms with Crippen LogP contribution in [0.5, 0.6) is 5.75 Å². The molecule has 0 aliphatic carbocycles. The van der Waals surface area contributed by atoms with Gasteiger partial charge in [-0.15, -0.1) is 0 Å². The Hall–Kier alpha value is -2.27. The molecule has 23 heavy (non-hydrogen) atoms. The molecular formula is C18H20N2O3. The molecule has 120 valence electrons. The standard InChI is InChI=1S/C18H20N2O3/c1-13-9-16(23-15-6-4-8-22-12-15)11-17(20-13)18(21)10-14-5-2-3-7-19-14/h2-3,5,7,9,11,15H,4,6,8,10,12H2,1H3/t15-/m0/s1. The molecule has 0 unspecified atom stereocenters. The summed E-state index contributed by atoms with van der Waals surface area (Å²) < 4.78 is 11.4. The van der Waals surface area contributed by atoms with Crippen molar-refractivity contribution in [3.63, 3.8) is 0 Å². The second kappa shape index (κ2) is 7.33. The van der Waals surface area contributed by atoms with Crippen LogP contribution >= 0.6 is 0 Å². The molecule has 1 aliphatic rings. The van der Waals surface area contributed by atoms with Gasteiger partial charge in [-0.1, -0.05) is 6.07 Å². The van der Waals surface area contributed by atoms with Crippen LogP contribution in [0.4, 0.5) is 0 Å². The summed E-state index contributed by atoms with van der Waals surface area (Å²) in [5.41, 5.74) is 1.93. The second-order valence-electron chi connectivity index (χ2n) is 5.71. The van der Waals surface area contributed by atoms with Crippen LogP contribution in [0.15, 0.2) is 36.5 Å². The lowest BCUT2D eigenvalue weighted by Gasteiger charge is -2.23. The molecule has 2 aromatic rings. The fourth-order valence-electron chi connectivity index (χ4n) is 2.60. The van der Waals surface area contributed by atoms with Crippen molar-refractivity contribution in [3.8, 4) is 5.75 Å². The number of hydrogen-bond donors (Lipinski definition) is 0. The van der Waals surface area contributed by atoms with Gasteiger partial charge in [0.25, 0.3) is 0 Å². The van der Waals surface area contributed by atoms with Crippen molar-refractivity contribution < 1.29 is 14.3 Å². The minimum Gasteiger partial charge on any atom is -0.488 e. The topological polar surface area (TPSA) is 61.3 Å². The van der Waals surface area contributed by atoms with E-state index in [9.17, 15) is 4.79 Å². The number of carbonyl (C=O) groups excluding carboxylic acids is 1. The Morgan fingerprint density at radius 1 is 1.39 bits per heavy atom. The second-order valence-corrected chi connectivity index (χ2v) is 5.71. The molecule has 0 bridgehead atoms. The lowest BCUT2D eigenvalue weighted by molar-refractivity contribution is 0.00734. The largest absolute Gasteiger partial charge is 0.488 e.